The molecule has 1 amide bonds. The van der Waals surface area contributed by atoms with Gasteiger partial charge < -0.3 is 15.6 Å². The number of nitrogens with one attached hydrogen (secondary N) is 1. The molecule has 1 fully saturated rings. The number of H-pyrrole nitrogens is 1. The number of anilines is 1. The van der Waals surface area contributed by atoms with E-state index in [9.17, 15) is 4.79 Å². The Balaban J connectivity index is 1.85. The van der Waals surface area contributed by atoms with Gasteiger partial charge in [-0.25, -0.2) is 0 Å². The lowest BCUT2D eigenvalue weighted by Gasteiger charge is -2.35. The van der Waals surface area contributed by atoms with Crippen LogP contribution < -0.4 is 5.73 Å². The molecule has 0 radical (unpaired) electrons. The van der Waals surface area contributed by atoms with Crippen LogP contribution in [0.15, 0.2) is 24.3 Å². The SMILES string of the molecule is CC1CCN(C(=O)c2cc3cc(N)ccc3[nH]2)CC1C. The molecule has 0 saturated carbocycles. The Morgan fingerprint density at radius 2 is 2.10 bits per heavy atom. The van der Waals surface area contributed by atoms with Crippen molar-refractivity contribution in [2.24, 2.45) is 11.8 Å². The van der Waals surface area contributed by atoms with E-state index in [1.807, 2.05) is 29.2 Å². The van der Waals surface area contributed by atoms with Crippen molar-refractivity contribution in [1.29, 1.82) is 0 Å². The predicted octanol–water partition coefficient (Wildman–Crippen LogP) is 2.87. The first-order valence-corrected chi connectivity index (χ1v) is 7.22. The van der Waals surface area contributed by atoms with Crippen LogP contribution in [0.1, 0.15) is 30.8 Å². The number of nitrogens with zero attached hydrogens (tertiary/aromatic N) is 1. The van der Waals surface area contributed by atoms with Crippen LogP contribution in [-0.2, 0) is 0 Å². The summed E-state index contributed by atoms with van der Waals surface area (Å²) in [6.07, 6.45) is 1.08. The van der Waals surface area contributed by atoms with E-state index >= 15 is 0 Å². The van der Waals surface area contributed by atoms with Gasteiger partial charge in [-0.2, -0.15) is 0 Å². The number of nitrogens with two attached hydrogens (primary N) is 1. The summed E-state index contributed by atoms with van der Waals surface area (Å²) in [7, 11) is 0. The molecule has 1 aromatic heterocycles. The maximum Gasteiger partial charge on any atom is 0.270 e. The van der Waals surface area contributed by atoms with E-state index < -0.39 is 0 Å². The third-order valence-corrected chi connectivity index (χ3v) is 4.50. The number of benzene rings is 1. The van der Waals surface area contributed by atoms with Crippen molar-refractivity contribution >= 4 is 22.5 Å². The fourth-order valence-electron chi connectivity index (χ4n) is 2.88. The Kier molecular flexibility index (Phi) is 3.16. The predicted molar refractivity (Wildman–Crippen MR) is 81.6 cm³/mol. The fraction of sp³-hybridized carbons (Fsp3) is 0.438. The molecule has 0 aliphatic carbocycles. The Morgan fingerprint density at radius 3 is 2.85 bits per heavy atom. The number of fused-ring (bicyclic) bond motifs is 1. The van der Waals surface area contributed by atoms with E-state index in [0.717, 1.165) is 36.1 Å². The van der Waals surface area contributed by atoms with Crippen LogP contribution in [0.25, 0.3) is 10.9 Å². The fourth-order valence-corrected chi connectivity index (χ4v) is 2.88. The number of hydrogen-bond acceptors (Lipinski definition) is 2. The van der Waals surface area contributed by atoms with Crippen molar-refractivity contribution in [2.75, 3.05) is 18.8 Å². The number of nitrogen functional groups attached to an aromatic ring is 1. The normalized spacial score (nSPS) is 23.2. The van der Waals surface area contributed by atoms with Gasteiger partial charge in [-0.1, -0.05) is 13.8 Å². The molecule has 20 heavy (non-hydrogen) atoms. The number of aromatic nitrogens is 1. The summed E-state index contributed by atoms with van der Waals surface area (Å²) < 4.78 is 0. The molecule has 0 spiro atoms. The Hall–Kier alpha value is -1.97. The largest absolute Gasteiger partial charge is 0.399 e. The lowest BCUT2D eigenvalue weighted by molar-refractivity contribution is 0.0622. The number of carbonyl (C=O) groups is 1. The quantitative estimate of drug-likeness (QED) is 0.783. The Labute approximate surface area is 118 Å². The maximum atomic E-state index is 12.6. The summed E-state index contributed by atoms with van der Waals surface area (Å²) in [5.41, 5.74) is 8.11. The van der Waals surface area contributed by atoms with Gasteiger partial charge in [-0.3, -0.25) is 4.79 Å². The van der Waals surface area contributed by atoms with Gasteiger partial charge in [0.2, 0.25) is 0 Å². The molecule has 0 bridgehead atoms. The van der Waals surface area contributed by atoms with Gasteiger partial charge in [-0.15, -0.1) is 0 Å². The van der Waals surface area contributed by atoms with Crippen molar-refractivity contribution in [3.63, 3.8) is 0 Å². The maximum absolute atomic E-state index is 12.6. The summed E-state index contributed by atoms with van der Waals surface area (Å²) in [4.78, 5) is 17.7. The van der Waals surface area contributed by atoms with Gasteiger partial charge in [0.05, 0.1) is 0 Å². The zero-order valence-electron chi connectivity index (χ0n) is 12.0. The summed E-state index contributed by atoms with van der Waals surface area (Å²) in [6, 6.07) is 7.56. The number of rotatable bonds is 1. The monoisotopic (exact) mass is 271 g/mol. The van der Waals surface area contributed by atoms with Crippen molar-refractivity contribution in [3.8, 4) is 0 Å². The number of carbonyl (C=O) groups excluding carboxylic acids is 1. The topological polar surface area (TPSA) is 62.1 Å². The molecular weight excluding hydrogens is 250 g/mol. The average molecular weight is 271 g/mol. The van der Waals surface area contributed by atoms with E-state index in [4.69, 9.17) is 5.73 Å². The highest BCUT2D eigenvalue weighted by Crippen LogP contribution is 2.25. The molecule has 2 unspecified atom stereocenters. The van der Waals surface area contributed by atoms with Gasteiger partial charge in [0, 0.05) is 29.7 Å². The lowest BCUT2D eigenvalue weighted by Crippen LogP contribution is -2.42. The van der Waals surface area contributed by atoms with E-state index in [-0.39, 0.29) is 5.91 Å². The first-order chi connectivity index (χ1) is 9.54. The molecule has 4 heteroatoms. The van der Waals surface area contributed by atoms with Crippen LogP contribution in [0.2, 0.25) is 0 Å². The number of likely N-dealkylation sites (tertiary alicyclic amines) is 1. The van der Waals surface area contributed by atoms with Gasteiger partial charge in [0.1, 0.15) is 5.69 Å². The van der Waals surface area contributed by atoms with Crippen molar-refractivity contribution < 1.29 is 4.79 Å². The van der Waals surface area contributed by atoms with E-state index in [2.05, 4.69) is 18.8 Å². The zero-order chi connectivity index (χ0) is 14.3. The standard InChI is InChI=1S/C16H21N3O/c1-10-5-6-19(9-11(10)2)16(20)15-8-12-7-13(17)3-4-14(12)18-15/h3-4,7-8,10-11,18H,5-6,9,17H2,1-2H3. The Bertz CT molecular complexity index is 646. The summed E-state index contributed by atoms with van der Waals surface area (Å²) in [5.74, 6) is 1.35. The molecule has 2 aromatic rings. The molecule has 1 aliphatic heterocycles. The van der Waals surface area contributed by atoms with Gasteiger partial charge >= 0.3 is 0 Å². The molecule has 4 nitrogen and oxygen atoms in total. The minimum Gasteiger partial charge on any atom is -0.399 e. The van der Waals surface area contributed by atoms with Gasteiger partial charge in [0.25, 0.3) is 5.91 Å². The molecule has 1 aromatic carbocycles. The van der Waals surface area contributed by atoms with Crippen LogP contribution in [0.4, 0.5) is 5.69 Å². The first-order valence-electron chi connectivity index (χ1n) is 7.22. The van der Waals surface area contributed by atoms with Gasteiger partial charge in [-0.05, 0) is 42.5 Å². The van der Waals surface area contributed by atoms with Crippen LogP contribution in [0.3, 0.4) is 0 Å². The van der Waals surface area contributed by atoms with E-state index in [1.54, 1.807) is 0 Å². The van der Waals surface area contributed by atoms with Crippen LogP contribution in [0, 0.1) is 11.8 Å². The zero-order valence-corrected chi connectivity index (χ0v) is 12.0. The smallest absolute Gasteiger partial charge is 0.270 e. The molecule has 3 N–H and O–H groups in total. The highest BCUT2D eigenvalue weighted by atomic mass is 16.2. The molecule has 1 aliphatic rings. The van der Waals surface area contributed by atoms with E-state index in [0.29, 0.717) is 17.5 Å². The molecule has 2 atom stereocenters. The third-order valence-electron chi connectivity index (χ3n) is 4.50. The van der Waals surface area contributed by atoms with E-state index in [1.165, 1.54) is 0 Å². The third kappa shape index (κ3) is 2.26. The molecule has 3 rings (SSSR count). The lowest BCUT2D eigenvalue weighted by atomic mass is 9.88. The van der Waals surface area contributed by atoms with Crippen LogP contribution in [0.5, 0.6) is 0 Å². The van der Waals surface area contributed by atoms with Crippen LogP contribution in [-0.4, -0.2) is 28.9 Å². The van der Waals surface area contributed by atoms with Crippen molar-refractivity contribution in [2.45, 2.75) is 20.3 Å². The summed E-state index contributed by atoms with van der Waals surface area (Å²) in [5, 5.41) is 0.992. The Morgan fingerprint density at radius 1 is 1.30 bits per heavy atom. The minimum atomic E-state index is 0.0959. The van der Waals surface area contributed by atoms with Crippen molar-refractivity contribution in [1.82, 2.24) is 9.88 Å². The number of aromatic amines is 1. The molecular formula is C16H21N3O. The number of piperidine rings is 1. The first kappa shape index (κ1) is 13.0. The molecule has 106 valence electrons. The van der Waals surface area contributed by atoms with Gasteiger partial charge in [0.15, 0.2) is 0 Å². The number of hydrogen-bond donors (Lipinski definition) is 2. The highest BCUT2D eigenvalue weighted by Gasteiger charge is 2.27. The average Bonchev–Trinajstić information content (AvgIpc) is 2.84. The second-order valence-electron chi connectivity index (χ2n) is 6.02. The second-order valence-corrected chi connectivity index (χ2v) is 6.02. The molecule has 1 saturated heterocycles. The molecule has 2 heterocycles. The second kappa shape index (κ2) is 4.85. The van der Waals surface area contributed by atoms with Crippen LogP contribution >= 0.6 is 0 Å². The number of amides is 1. The summed E-state index contributed by atoms with van der Waals surface area (Å²) in [6.45, 7) is 6.17. The minimum absolute atomic E-state index is 0.0959. The van der Waals surface area contributed by atoms with Crippen molar-refractivity contribution in [3.05, 3.63) is 30.0 Å². The highest BCUT2D eigenvalue weighted by molar-refractivity contribution is 5.98. The summed E-state index contributed by atoms with van der Waals surface area (Å²) >= 11 is 0.